The number of alkyl halides is 5. The van der Waals surface area contributed by atoms with Crippen LogP contribution in [0.4, 0.5) is 47.3 Å². The molecule has 0 spiro atoms. The van der Waals surface area contributed by atoms with Crippen molar-refractivity contribution in [1.82, 2.24) is 45.7 Å². The van der Waals surface area contributed by atoms with Crippen molar-refractivity contribution in [3.63, 3.8) is 0 Å². The maximum atomic E-state index is 15.1. The Morgan fingerprint density at radius 1 is 0.506 bits per heavy atom. The minimum atomic E-state index is -2.91. The molecule has 2 aromatic heterocycles. The first kappa shape index (κ1) is 61.2. The molecule has 0 radical (unpaired) electrons. The molecule has 2 saturated heterocycles. The average molecular weight is 1210 g/mol. The van der Waals surface area contributed by atoms with E-state index < -0.39 is 36.3 Å². The van der Waals surface area contributed by atoms with Crippen LogP contribution in [-0.4, -0.2) is 111 Å². The third-order valence-corrected chi connectivity index (χ3v) is 14.0. The Hall–Kier alpha value is -7.92. The van der Waals surface area contributed by atoms with Crippen LogP contribution in [0, 0.1) is 11.6 Å². The van der Waals surface area contributed by atoms with Gasteiger partial charge in [-0.05, 0) is 85.6 Å². The molecule has 2 N–H and O–H groups in total. The van der Waals surface area contributed by atoms with E-state index in [1.807, 2.05) is 18.2 Å². The number of piperazine rings is 1. The minimum Gasteiger partial charge on any atom is -0.415 e. The molecule has 6 aromatic carbocycles. The number of benzene rings is 6. The standard InChI is InChI=1S/C30H31F3N6O2.C19H16BrF3N4O2.C12H17N/c31-26-19-23(28-35-36-29(41-28)27(32)33)11-12-24(26)21-39(25-9-5-2-6-10-25)30(40)34-13-14-37-15-17-38(18-16-37)20-22-7-3-1-4-8-22;20-8-9-24-19(28)27(14-4-2-1-3-5-14)11-13-7-6-12(10-15(13)21)17-25-26-18(29-17)16(22)23;1-3-7-12(8-4-1)11-13-9-5-2-6-10-13/h1-12,19,27H,13-18,20-21H2,(H,34,40);1-7,10,16H,8-9,11H2,(H,24,28);1,3-4,7-8H,2,5-6,9-11H2. The number of para-hydroxylation sites is 2. The Morgan fingerprint density at radius 3 is 1.30 bits per heavy atom. The van der Waals surface area contributed by atoms with E-state index in [0.29, 0.717) is 36.3 Å². The summed E-state index contributed by atoms with van der Waals surface area (Å²) >= 11 is 3.24. The molecule has 2 aliphatic rings. The van der Waals surface area contributed by atoms with Crippen LogP contribution in [0.1, 0.15) is 66.1 Å². The van der Waals surface area contributed by atoms with Crippen molar-refractivity contribution in [3.05, 3.63) is 203 Å². The predicted octanol–water partition coefficient (Wildman–Crippen LogP) is 12.9. The molecule has 10 rings (SSSR count). The molecule has 83 heavy (non-hydrogen) atoms. The highest BCUT2D eigenvalue weighted by Crippen LogP contribution is 2.29. The lowest BCUT2D eigenvalue weighted by molar-refractivity contribution is 0.115. The zero-order chi connectivity index (χ0) is 58.3. The van der Waals surface area contributed by atoms with Crippen molar-refractivity contribution in [3.8, 4) is 22.9 Å². The van der Waals surface area contributed by atoms with E-state index in [9.17, 15) is 31.5 Å². The lowest BCUT2D eigenvalue weighted by Gasteiger charge is -2.35. The maximum absolute atomic E-state index is 15.1. The quantitative estimate of drug-likeness (QED) is 0.0588. The highest BCUT2D eigenvalue weighted by molar-refractivity contribution is 9.09. The normalized spacial score (nSPS) is 13.8. The first-order chi connectivity index (χ1) is 40.4. The summed E-state index contributed by atoms with van der Waals surface area (Å²) in [5, 5.41) is 19.9. The summed E-state index contributed by atoms with van der Waals surface area (Å²) in [7, 11) is 0. The zero-order valence-corrected chi connectivity index (χ0v) is 47.1. The highest BCUT2D eigenvalue weighted by Gasteiger charge is 2.24. The van der Waals surface area contributed by atoms with Gasteiger partial charge in [-0.25, -0.2) is 18.4 Å². The van der Waals surface area contributed by atoms with E-state index >= 15 is 4.39 Å². The summed E-state index contributed by atoms with van der Waals surface area (Å²) in [4.78, 5) is 36.0. The second-order valence-electron chi connectivity index (χ2n) is 19.5. The van der Waals surface area contributed by atoms with Gasteiger partial charge in [0.05, 0.1) is 13.1 Å². The Morgan fingerprint density at radius 2 is 0.904 bits per heavy atom. The molecular formula is C61H64BrF6N11O4. The fraction of sp³-hybridized carbons (Fsp3) is 0.311. The van der Waals surface area contributed by atoms with Crippen LogP contribution in [0.3, 0.4) is 0 Å². The molecule has 0 saturated carbocycles. The first-order valence-electron chi connectivity index (χ1n) is 27.2. The summed E-state index contributed by atoms with van der Waals surface area (Å²) in [6, 6.07) is 46.4. The fourth-order valence-electron chi connectivity index (χ4n) is 9.25. The molecule has 22 heteroatoms. The molecule has 8 aromatic rings. The van der Waals surface area contributed by atoms with Gasteiger partial charge in [0.25, 0.3) is 11.8 Å². The SMILES string of the molecule is O=C(NCCBr)N(Cc1ccc(-c2nnc(C(F)F)o2)cc1F)c1ccccc1.O=C(NCCN1CCN(Cc2ccccc2)CC1)N(Cc1ccc(-c2nnc(C(F)F)o2)cc1F)c1ccccc1.c1ccc(CN2CCCCC2)cc1. The van der Waals surface area contributed by atoms with Crippen molar-refractivity contribution >= 4 is 39.4 Å². The summed E-state index contributed by atoms with van der Waals surface area (Å²) in [5.74, 6) is -3.33. The van der Waals surface area contributed by atoms with E-state index in [0.717, 1.165) is 51.4 Å². The van der Waals surface area contributed by atoms with E-state index in [2.05, 4.69) is 116 Å². The van der Waals surface area contributed by atoms with Gasteiger partial charge in [0.1, 0.15) is 11.6 Å². The van der Waals surface area contributed by atoms with Crippen LogP contribution in [0.25, 0.3) is 22.9 Å². The Balaban J connectivity index is 0.000000185. The second-order valence-corrected chi connectivity index (χ2v) is 20.3. The lowest BCUT2D eigenvalue weighted by Crippen LogP contribution is -2.49. The molecule has 0 unspecified atom stereocenters. The number of nitrogens with one attached hydrogen (secondary N) is 2. The number of anilines is 2. The van der Waals surface area contributed by atoms with Crippen LogP contribution in [-0.2, 0) is 26.2 Å². The Bertz CT molecular complexity index is 3230. The summed E-state index contributed by atoms with van der Waals surface area (Å²) in [6.45, 7) is 9.90. The molecule has 2 fully saturated rings. The average Bonchev–Trinajstić information content (AvgIpc) is 4.23. The van der Waals surface area contributed by atoms with E-state index in [1.165, 1.54) is 77.5 Å². The van der Waals surface area contributed by atoms with E-state index in [4.69, 9.17) is 8.83 Å². The van der Waals surface area contributed by atoms with Gasteiger partial charge in [0.15, 0.2) is 0 Å². The van der Waals surface area contributed by atoms with Crippen molar-refractivity contribution in [1.29, 1.82) is 0 Å². The summed E-state index contributed by atoms with van der Waals surface area (Å²) < 4.78 is 90.3. The molecule has 436 valence electrons. The number of halogens is 7. The van der Waals surface area contributed by atoms with E-state index in [1.54, 1.807) is 48.5 Å². The maximum Gasteiger partial charge on any atom is 0.322 e. The van der Waals surface area contributed by atoms with Crippen molar-refractivity contribution in [2.75, 3.05) is 74.0 Å². The third kappa shape index (κ3) is 18.5. The topological polar surface area (TPSA) is 152 Å². The number of hydrogen-bond donors (Lipinski definition) is 2. The van der Waals surface area contributed by atoms with Crippen LogP contribution in [0.2, 0.25) is 0 Å². The van der Waals surface area contributed by atoms with Crippen LogP contribution in [0.15, 0.2) is 167 Å². The molecule has 4 amide bonds. The monoisotopic (exact) mass is 1210 g/mol. The van der Waals surface area contributed by atoms with Gasteiger partial charge < -0.3 is 19.5 Å². The number of aromatic nitrogens is 4. The molecule has 15 nitrogen and oxygen atoms in total. The first-order valence-corrected chi connectivity index (χ1v) is 28.3. The second kappa shape index (κ2) is 31.5. The predicted molar refractivity (Wildman–Crippen MR) is 309 cm³/mol. The van der Waals surface area contributed by atoms with Crippen LogP contribution < -0.4 is 20.4 Å². The number of likely N-dealkylation sites (tertiary alicyclic amines) is 1. The van der Waals surface area contributed by atoms with Gasteiger partial charge in [-0.15, -0.1) is 20.4 Å². The third-order valence-electron chi connectivity index (χ3n) is 13.6. The number of hydrogen-bond acceptors (Lipinski definition) is 11. The smallest absolute Gasteiger partial charge is 0.322 e. The minimum absolute atomic E-state index is 0.0314. The summed E-state index contributed by atoms with van der Waals surface area (Å²) in [6.07, 6.45) is -1.63. The Labute approximate surface area is 486 Å². The number of urea groups is 2. The van der Waals surface area contributed by atoms with Gasteiger partial charge in [0, 0.05) is 97.9 Å². The van der Waals surface area contributed by atoms with Gasteiger partial charge >= 0.3 is 24.9 Å². The number of carbonyl (C=O) groups is 2. The van der Waals surface area contributed by atoms with Gasteiger partial charge in [-0.1, -0.05) is 132 Å². The van der Waals surface area contributed by atoms with Gasteiger partial charge in [0.2, 0.25) is 11.8 Å². The summed E-state index contributed by atoms with van der Waals surface area (Å²) in [5.41, 5.74) is 4.78. The van der Waals surface area contributed by atoms with Crippen molar-refractivity contribution < 1.29 is 44.8 Å². The van der Waals surface area contributed by atoms with Crippen molar-refractivity contribution in [2.24, 2.45) is 0 Å². The number of nitrogens with zero attached hydrogens (tertiary/aromatic N) is 9. The number of carbonyl (C=O) groups excluding carboxylic acids is 2. The lowest BCUT2D eigenvalue weighted by atomic mass is 10.1. The molecule has 4 heterocycles. The van der Waals surface area contributed by atoms with E-state index in [-0.39, 0.29) is 59.2 Å². The molecule has 0 atom stereocenters. The zero-order valence-electron chi connectivity index (χ0n) is 45.5. The Kier molecular flexibility index (Phi) is 23.2. The van der Waals surface area contributed by atoms with Crippen molar-refractivity contribution in [2.45, 2.75) is 58.3 Å². The van der Waals surface area contributed by atoms with Crippen LogP contribution in [0.5, 0.6) is 0 Å². The molecule has 0 bridgehead atoms. The highest BCUT2D eigenvalue weighted by atomic mass is 79.9. The number of rotatable bonds is 19. The van der Waals surface area contributed by atoms with Gasteiger partial charge in [-0.2, -0.15) is 17.6 Å². The molecule has 0 aliphatic carbocycles. The molecule has 2 aliphatic heterocycles. The number of amides is 4. The van der Waals surface area contributed by atoms with Crippen LogP contribution >= 0.6 is 15.9 Å². The number of piperidine rings is 1. The van der Waals surface area contributed by atoms with Gasteiger partial charge in [-0.3, -0.25) is 24.5 Å². The largest absolute Gasteiger partial charge is 0.415 e. The fourth-order valence-corrected chi connectivity index (χ4v) is 9.45. The molecular weight excluding hydrogens is 1140 g/mol.